The number of para-hydroxylation sites is 1. The van der Waals surface area contributed by atoms with E-state index >= 15 is 0 Å². The Morgan fingerprint density at radius 1 is 1.10 bits per heavy atom. The van der Waals surface area contributed by atoms with Crippen molar-refractivity contribution in [3.8, 4) is 5.75 Å². The minimum absolute atomic E-state index is 0.0467. The van der Waals surface area contributed by atoms with E-state index in [2.05, 4.69) is 5.32 Å². The van der Waals surface area contributed by atoms with Crippen LogP contribution in [0, 0.1) is 5.92 Å². The van der Waals surface area contributed by atoms with Crippen LogP contribution in [0.3, 0.4) is 0 Å². The third-order valence-electron chi connectivity index (χ3n) is 4.90. The number of ketones is 1. The van der Waals surface area contributed by atoms with Crippen molar-refractivity contribution in [1.29, 1.82) is 0 Å². The predicted molar refractivity (Wildman–Crippen MR) is 113 cm³/mol. The van der Waals surface area contributed by atoms with Crippen LogP contribution in [0.25, 0.3) is 0 Å². The lowest BCUT2D eigenvalue weighted by Crippen LogP contribution is -2.31. The molecule has 7 nitrogen and oxygen atoms in total. The SMILES string of the molecule is COc1ccccc1C1C(C(=O)C(C)C)=C(O)C(=O)N1c1ccc(NC(C)=O)cc1. The Kier molecular flexibility index (Phi) is 5.91. The number of carbonyl (C=O) groups is 3. The van der Waals surface area contributed by atoms with Gasteiger partial charge in [0.2, 0.25) is 5.91 Å². The molecule has 30 heavy (non-hydrogen) atoms. The summed E-state index contributed by atoms with van der Waals surface area (Å²) in [6, 6.07) is 12.9. The molecule has 0 aromatic heterocycles. The molecule has 1 aliphatic rings. The smallest absolute Gasteiger partial charge is 0.294 e. The Hall–Kier alpha value is -3.61. The number of aliphatic hydroxyl groups is 1. The van der Waals surface area contributed by atoms with Crippen LogP contribution in [0.15, 0.2) is 59.9 Å². The summed E-state index contributed by atoms with van der Waals surface area (Å²) in [6.07, 6.45) is 0. The number of nitrogens with zero attached hydrogens (tertiary/aromatic N) is 1. The summed E-state index contributed by atoms with van der Waals surface area (Å²) in [7, 11) is 1.51. The summed E-state index contributed by atoms with van der Waals surface area (Å²) in [4.78, 5) is 38.6. The van der Waals surface area contributed by atoms with Gasteiger partial charge in [0, 0.05) is 29.8 Å². The number of Topliss-reactive ketones (excluding diaryl/α,β-unsaturated/α-hetero) is 1. The lowest BCUT2D eigenvalue weighted by atomic mass is 9.90. The van der Waals surface area contributed by atoms with Gasteiger partial charge in [-0.05, 0) is 30.3 Å². The molecular formula is C23H24N2O5. The number of nitrogens with one attached hydrogen (secondary N) is 1. The Bertz CT molecular complexity index is 1020. The molecule has 2 aromatic rings. The fraction of sp³-hybridized carbons (Fsp3) is 0.261. The molecule has 1 unspecified atom stereocenters. The molecule has 0 aliphatic carbocycles. The Labute approximate surface area is 175 Å². The van der Waals surface area contributed by atoms with E-state index in [0.717, 1.165) is 0 Å². The molecule has 156 valence electrons. The molecule has 0 radical (unpaired) electrons. The van der Waals surface area contributed by atoms with Crippen molar-refractivity contribution >= 4 is 29.0 Å². The quantitative estimate of drug-likeness (QED) is 0.758. The maximum Gasteiger partial charge on any atom is 0.294 e. The highest BCUT2D eigenvalue weighted by Crippen LogP contribution is 2.44. The highest BCUT2D eigenvalue weighted by molar-refractivity contribution is 6.17. The van der Waals surface area contributed by atoms with E-state index < -0.39 is 23.6 Å². The van der Waals surface area contributed by atoms with E-state index in [4.69, 9.17) is 4.74 Å². The summed E-state index contributed by atoms with van der Waals surface area (Å²) >= 11 is 0. The summed E-state index contributed by atoms with van der Waals surface area (Å²) in [5, 5.41) is 13.3. The number of aliphatic hydroxyl groups excluding tert-OH is 1. The average molecular weight is 408 g/mol. The van der Waals surface area contributed by atoms with Crippen LogP contribution >= 0.6 is 0 Å². The number of anilines is 2. The number of ether oxygens (including phenoxy) is 1. The zero-order chi connectivity index (χ0) is 22.0. The zero-order valence-electron chi connectivity index (χ0n) is 17.3. The zero-order valence-corrected chi connectivity index (χ0v) is 17.3. The van der Waals surface area contributed by atoms with Crippen LogP contribution in [0.5, 0.6) is 5.75 Å². The molecule has 1 atom stereocenters. The first-order chi connectivity index (χ1) is 14.3. The molecule has 2 amide bonds. The molecule has 7 heteroatoms. The van der Waals surface area contributed by atoms with Gasteiger partial charge in [0.15, 0.2) is 11.5 Å². The van der Waals surface area contributed by atoms with Crippen molar-refractivity contribution in [2.75, 3.05) is 17.3 Å². The Balaban J connectivity index is 2.15. The van der Waals surface area contributed by atoms with Gasteiger partial charge < -0.3 is 15.2 Å². The van der Waals surface area contributed by atoms with Crippen LogP contribution in [-0.4, -0.2) is 29.8 Å². The first-order valence-electron chi connectivity index (χ1n) is 9.57. The van der Waals surface area contributed by atoms with E-state index in [1.165, 1.54) is 18.9 Å². The molecular weight excluding hydrogens is 384 g/mol. The number of amides is 2. The van der Waals surface area contributed by atoms with E-state index in [0.29, 0.717) is 22.7 Å². The van der Waals surface area contributed by atoms with E-state index in [1.807, 2.05) is 0 Å². The molecule has 0 saturated carbocycles. The van der Waals surface area contributed by atoms with Gasteiger partial charge >= 0.3 is 0 Å². The molecule has 2 N–H and O–H groups in total. The molecule has 0 spiro atoms. The van der Waals surface area contributed by atoms with Crippen molar-refractivity contribution in [3.63, 3.8) is 0 Å². The van der Waals surface area contributed by atoms with Gasteiger partial charge in [0.05, 0.1) is 18.7 Å². The van der Waals surface area contributed by atoms with Crippen LogP contribution in [-0.2, 0) is 14.4 Å². The first kappa shape index (κ1) is 21.1. The van der Waals surface area contributed by atoms with Gasteiger partial charge in [0.25, 0.3) is 5.91 Å². The highest BCUT2D eigenvalue weighted by Gasteiger charge is 2.45. The van der Waals surface area contributed by atoms with Gasteiger partial charge in [-0.3, -0.25) is 19.3 Å². The van der Waals surface area contributed by atoms with E-state index in [-0.39, 0.29) is 17.3 Å². The van der Waals surface area contributed by atoms with Gasteiger partial charge in [0.1, 0.15) is 5.75 Å². The lowest BCUT2D eigenvalue weighted by molar-refractivity contribution is -0.119. The van der Waals surface area contributed by atoms with Crippen molar-refractivity contribution < 1.29 is 24.2 Å². The molecule has 0 bridgehead atoms. The number of benzene rings is 2. The van der Waals surface area contributed by atoms with E-state index in [9.17, 15) is 19.5 Å². The largest absolute Gasteiger partial charge is 0.503 e. The molecule has 1 heterocycles. The van der Waals surface area contributed by atoms with Crippen molar-refractivity contribution in [1.82, 2.24) is 0 Å². The van der Waals surface area contributed by atoms with Crippen molar-refractivity contribution in [2.24, 2.45) is 5.92 Å². The number of carbonyl (C=O) groups excluding carboxylic acids is 3. The Morgan fingerprint density at radius 3 is 2.30 bits per heavy atom. The molecule has 3 rings (SSSR count). The van der Waals surface area contributed by atoms with Crippen molar-refractivity contribution in [3.05, 3.63) is 65.4 Å². The fourth-order valence-corrected chi connectivity index (χ4v) is 3.53. The molecule has 0 saturated heterocycles. The fourth-order valence-electron chi connectivity index (χ4n) is 3.53. The third-order valence-corrected chi connectivity index (χ3v) is 4.90. The van der Waals surface area contributed by atoms with Gasteiger partial charge in [-0.1, -0.05) is 32.0 Å². The van der Waals surface area contributed by atoms with Crippen LogP contribution < -0.4 is 15.0 Å². The normalized spacial score (nSPS) is 16.2. The second-order valence-electron chi connectivity index (χ2n) is 7.33. The first-order valence-corrected chi connectivity index (χ1v) is 9.57. The van der Waals surface area contributed by atoms with Crippen LogP contribution in [0.2, 0.25) is 0 Å². The van der Waals surface area contributed by atoms with Gasteiger partial charge in [-0.25, -0.2) is 0 Å². The van der Waals surface area contributed by atoms with E-state index in [1.54, 1.807) is 62.4 Å². The number of rotatable bonds is 6. The summed E-state index contributed by atoms with van der Waals surface area (Å²) in [5.74, 6) is -1.66. The topological polar surface area (TPSA) is 95.9 Å². The standard InChI is InChI=1S/C23H24N2O5/c1-13(2)21(27)19-20(17-7-5-6-8-18(17)30-4)25(23(29)22(19)28)16-11-9-15(10-12-16)24-14(3)26/h5-13,20,28H,1-4H3,(H,24,26). The third kappa shape index (κ3) is 3.78. The summed E-state index contributed by atoms with van der Waals surface area (Å²) < 4.78 is 5.46. The molecule has 0 fully saturated rings. The maximum atomic E-state index is 13.0. The summed E-state index contributed by atoms with van der Waals surface area (Å²) in [6.45, 7) is 4.84. The number of hydrogen-bond acceptors (Lipinski definition) is 5. The number of hydrogen-bond donors (Lipinski definition) is 2. The predicted octanol–water partition coefficient (Wildman–Crippen LogP) is 3.78. The number of methoxy groups -OCH3 is 1. The Morgan fingerprint density at radius 2 is 1.73 bits per heavy atom. The maximum absolute atomic E-state index is 13.0. The minimum Gasteiger partial charge on any atom is -0.503 e. The average Bonchev–Trinajstić information content (AvgIpc) is 2.98. The van der Waals surface area contributed by atoms with Crippen LogP contribution in [0.1, 0.15) is 32.4 Å². The lowest BCUT2D eigenvalue weighted by Gasteiger charge is -2.28. The molecule has 1 aliphatic heterocycles. The molecule has 2 aromatic carbocycles. The van der Waals surface area contributed by atoms with Gasteiger partial charge in [-0.2, -0.15) is 0 Å². The second-order valence-corrected chi connectivity index (χ2v) is 7.33. The van der Waals surface area contributed by atoms with Crippen molar-refractivity contribution in [2.45, 2.75) is 26.8 Å². The second kappa shape index (κ2) is 8.41. The van der Waals surface area contributed by atoms with Gasteiger partial charge in [-0.15, -0.1) is 0 Å². The minimum atomic E-state index is -0.838. The summed E-state index contributed by atoms with van der Waals surface area (Å²) in [5.41, 5.74) is 1.68. The van der Waals surface area contributed by atoms with Crippen LogP contribution in [0.4, 0.5) is 11.4 Å². The highest BCUT2D eigenvalue weighted by atomic mass is 16.5. The monoisotopic (exact) mass is 408 g/mol.